The molecule has 0 spiro atoms. The quantitative estimate of drug-likeness (QED) is 0.903. The monoisotopic (exact) mass is 260 g/mol. The van der Waals surface area contributed by atoms with Gasteiger partial charge in [-0.1, -0.05) is 23.7 Å². The van der Waals surface area contributed by atoms with Crippen molar-refractivity contribution in [1.82, 2.24) is 10.3 Å². The lowest BCUT2D eigenvalue weighted by molar-refractivity contribution is 0.652. The molecule has 1 N–H and O–H groups in total. The average molecular weight is 261 g/mol. The smallest absolute Gasteiger partial charge is 0.0459 e. The topological polar surface area (TPSA) is 24.9 Å². The van der Waals surface area contributed by atoms with E-state index in [-0.39, 0.29) is 6.04 Å². The van der Waals surface area contributed by atoms with E-state index in [0.29, 0.717) is 0 Å². The number of benzene rings is 1. The van der Waals surface area contributed by atoms with Crippen LogP contribution in [0.1, 0.15) is 24.1 Å². The molecule has 0 saturated carbocycles. The molecule has 0 bridgehead atoms. The van der Waals surface area contributed by atoms with Crippen LogP contribution in [0.25, 0.3) is 11.1 Å². The van der Waals surface area contributed by atoms with Crippen LogP contribution >= 0.6 is 11.6 Å². The molecular formula is C15H17ClN2. The van der Waals surface area contributed by atoms with Gasteiger partial charge in [0, 0.05) is 29.0 Å². The lowest BCUT2D eigenvalue weighted by Gasteiger charge is -2.14. The molecule has 0 aliphatic heterocycles. The Bertz CT molecular complexity index is 552. The molecule has 1 aromatic carbocycles. The molecule has 18 heavy (non-hydrogen) atoms. The number of hydrogen-bond donors (Lipinski definition) is 1. The zero-order chi connectivity index (χ0) is 13.1. The Morgan fingerprint density at radius 2 is 2.06 bits per heavy atom. The van der Waals surface area contributed by atoms with Gasteiger partial charge in [-0.3, -0.25) is 4.98 Å². The Morgan fingerprint density at radius 1 is 1.28 bits per heavy atom. The van der Waals surface area contributed by atoms with Crippen molar-refractivity contribution in [2.45, 2.75) is 19.9 Å². The molecule has 1 aromatic heterocycles. The highest BCUT2D eigenvalue weighted by atomic mass is 35.5. The standard InChI is InChI=1S/C15H17ClN2/c1-10-6-7-18-9-14(10)12-4-5-13(11(2)17-3)15(16)8-12/h4-9,11,17H,1-3H3. The zero-order valence-electron chi connectivity index (χ0n) is 10.9. The van der Waals surface area contributed by atoms with E-state index in [1.807, 2.05) is 25.4 Å². The van der Waals surface area contributed by atoms with Crippen molar-refractivity contribution in [3.8, 4) is 11.1 Å². The van der Waals surface area contributed by atoms with Gasteiger partial charge in [0.25, 0.3) is 0 Å². The van der Waals surface area contributed by atoms with Gasteiger partial charge in [-0.25, -0.2) is 0 Å². The zero-order valence-corrected chi connectivity index (χ0v) is 11.6. The predicted molar refractivity (Wildman–Crippen MR) is 76.9 cm³/mol. The Balaban J connectivity index is 2.44. The highest BCUT2D eigenvalue weighted by Crippen LogP contribution is 2.29. The number of aryl methyl sites for hydroxylation is 1. The first-order chi connectivity index (χ1) is 8.63. The summed E-state index contributed by atoms with van der Waals surface area (Å²) in [6.07, 6.45) is 3.68. The maximum atomic E-state index is 6.34. The summed E-state index contributed by atoms with van der Waals surface area (Å²) < 4.78 is 0. The van der Waals surface area contributed by atoms with Gasteiger partial charge in [-0.15, -0.1) is 0 Å². The SMILES string of the molecule is CNC(C)c1ccc(-c2cnccc2C)cc1Cl. The second-order valence-electron chi connectivity index (χ2n) is 4.44. The van der Waals surface area contributed by atoms with Crippen LogP contribution in [-0.2, 0) is 0 Å². The summed E-state index contributed by atoms with van der Waals surface area (Å²) in [5, 5.41) is 3.99. The number of pyridine rings is 1. The first-order valence-electron chi connectivity index (χ1n) is 6.01. The fourth-order valence-corrected chi connectivity index (χ4v) is 2.31. The van der Waals surface area contributed by atoms with Crippen molar-refractivity contribution >= 4 is 11.6 Å². The molecular weight excluding hydrogens is 244 g/mol. The maximum Gasteiger partial charge on any atom is 0.0459 e. The van der Waals surface area contributed by atoms with Crippen LogP contribution in [-0.4, -0.2) is 12.0 Å². The van der Waals surface area contributed by atoms with Crippen LogP contribution in [0.2, 0.25) is 5.02 Å². The molecule has 2 rings (SSSR count). The second-order valence-corrected chi connectivity index (χ2v) is 4.84. The van der Waals surface area contributed by atoms with Crippen molar-refractivity contribution in [1.29, 1.82) is 0 Å². The van der Waals surface area contributed by atoms with E-state index in [1.165, 1.54) is 5.56 Å². The summed E-state index contributed by atoms with van der Waals surface area (Å²) >= 11 is 6.34. The van der Waals surface area contributed by atoms with Crippen molar-refractivity contribution in [3.05, 3.63) is 52.8 Å². The van der Waals surface area contributed by atoms with Gasteiger partial charge in [-0.2, -0.15) is 0 Å². The summed E-state index contributed by atoms with van der Waals surface area (Å²) in [6.45, 7) is 4.17. The lowest BCUT2D eigenvalue weighted by atomic mass is 10.00. The summed E-state index contributed by atoms with van der Waals surface area (Å²) in [5.74, 6) is 0. The van der Waals surface area contributed by atoms with E-state index in [4.69, 9.17) is 11.6 Å². The van der Waals surface area contributed by atoms with Gasteiger partial charge in [0.05, 0.1) is 0 Å². The Hall–Kier alpha value is -1.38. The van der Waals surface area contributed by atoms with E-state index < -0.39 is 0 Å². The molecule has 0 saturated heterocycles. The van der Waals surface area contributed by atoms with Gasteiger partial charge < -0.3 is 5.32 Å². The molecule has 0 fully saturated rings. The fraction of sp³-hybridized carbons (Fsp3) is 0.267. The number of nitrogens with one attached hydrogen (secondary N) is 1. The molecule has 0 radical (unpaired) electrons. The van der Waals surface area contributed by atoms with E-state index >= 15 is 0 Å². The van der Waals surface area contributed by atoms with Crippen molar-refractivity contribution in [2.75, 3.05) is 7.05 Å². The number of hydrogen-bond acceptors (Lipinski definition) is 2. The van der Waals surface area contributed by atoms with Gasteiger partial charge in [0.1, 0.15) is 0 Å². The molecule has 2 nitrogen and oxygen atoms in total. The molecule has 0 aliphatic carbocycles. The Morgan fingerprint density at radius 3 is 2.67 bits per heavy atom. The van der Waals surface area contributed by atoms with Gasteiger partial charge in [0.15, 0.2) is 0 Å². The van der Waals surface area contributed by atoms with E-state index in [2.05, 4.69) is 36.3 Å². The minimum absolute atomic E-state index is 0.251. The average Bonchev–Trinajstić information content (AvgIpc) is 2.38. The number of aromatic nitrogens is 1. The van der Waals surface area contributed by atoms with Crippen LogP contribution in [0.3, 0.4) is 0 Å². The number of rotatable bonds is 3. The third kappa shape index (κ3) is 2.55. The second kappa shape index (κ2) is 5.51. The fourth-order valence-electron chi connectivity index (χ4n) is 1.97. The van der Waals surface area contributed by atoms with Crippen molar-refractivity contribution in [2.24, 2.45) is 0 Å². The molecule has 1 heterocycles. The lowest BCUT2D eigenvalue weighted by Crippen LogP contribution is -2.12. The highest BCUT2D eigenvalue weighted by molar-refractivity contribution is 6.31. The van der Waals surface area contributed by atoms with Crippen LogP contribution in [0.4, 0.5) is 0 Å². The number of nitrogens with zero attached hydrogens (tertiary/aromatic N) is 1. The molecule has 1 atom stereocenters. The van der Waals surface area contributed by atoms with E-state index in [0.717, 1.165) is 21.7 Å². The minimum Gasteiger partial charge on any atom is -0.313 e. The van der Waals surface area contributed by atoms with Crippen molar-refractivity contribution < 1.29 is 0 Å². The summed E-state index contributed by atoms with van der Waals surface area (Å²) in [6, 6.07) is 8.44. The normalized spacial score (nSPS) is 12.4. The van der Waals surface area contributed by atoms with E-state index in [1.54, 1.807) is 6.20 Å². The first kappa shape index (κ1) is 13.1. The molecule has 0 aliphatic rings. The van der Waals surface area contributed by atoms with Gasteiger partial charge in [-0.05, 0) is 49.7 Å². The van der Waals surface area contributed by atoms with Crippen LogP contribution < -0.4 is 5.32 Å². The van der Waals surface area contributed by atoms with Crippen LogP contribution in [0.5, 0.6) is 0 Å². The molecule has 1 unspecified atom stereocenters. The van der Waals surface area contributed by atoms with Crippen molar-refractivity contribution in [3.63, 3.8) is 0 Å². The van der Waals surface area contributed by atoms with Crippen LogP contribution in [0, 0.1) is 6.92 Å². The van der Waals surface area contributed by atoms with Crippen LogP contribution in [0.15, 0.2) is 36.7 Å². The molecule has 3 heteroatoms. The summed E-state index contributed by atoms with van der Waals surface area (Å²) in [7, 11) is 1.93. The maximum absolute atomic E-state index is 6.34. The Kier molecular flexibility index (Phi) is 4.00. The minimum atomic E-state index is 0.251. The van der Waals surface area contributed by atoms with E-state index in [9.17, 15) is 0 Å². The summed E-state index contributed by atoms with van der Waals surface area (Å²) in [4.78, 5) is 4.17. The third-order valence-electron chi connectivity index (χ3n) is 3.25. The predicted octanol–water partition coefficient (Wildman–Crippen LogP) is 3.99. The third-order valence-corrected chi connectivity index (χ3v) is 3.58. The molecule has 2 aromatic rings. The highest BCUT2D eigenvalue weighted by Gasteiger charge is 2.09. The Labute approximate surface area is 113 Å². The largest absolute Gasteiger partial charge is 0.313 e. The summed E-state index contributed by atoms with van der Waals surface area (Å²) in [5.41, 5.74) is 4.56. The molecule has 0 amide bonds. The first-order valence-corrected chi connectivity index (χ1v) is 6.39. The van der Waals surface area contributed by atoms with Gasteiger partial charge >= 0.3 is 0 Å². The molecule has 94 valence electrons. The van der Waals surface area contributed by atoms with Gasteiger partial charge in [0.2, 0.25) is 0 Å². The number of halogens is 1.